The summed E-state index contributed by atoms with van der Waals surface area (Å²) in [6, 6.07) is 0. The van der Waals surface area contributed by atoms with E-state index in [2.05, 4.69) is 6.58 Å². The second-order valence-electron chi connectivity index (χ2n) is 1.72. The monoisotopic (exact) mass is 156 g/mol. The molecular formula is C6H6Li2O4. The molecule has 12 heavy (non-hydrogen) atoms. The van der Waals surface area contributed by atoms with Gasteiger partial charge in [0.05, 0.1) is 11.9 Å². The summed E-state index contributed by atoms with van der Waals surface area (Å²) < 4.78 is 0. The number of carbonyl (C=O) groups is 2. The quantitative estimate of drug-likeness (QED) is 0.230. The molecule has 0 fully saturated rings. The Morgan fingerprint density at radius 3 is 1.67 bits per heavy atom. The van der Waals surface area contributed by atoms with Crippen LogP contribution in [0.4, 0.5) is 0 Å². The van der Waals surface area contributed by atoms with Crippen molar-refractivity contribution in [2.45, 2.75) is 6.42 Å². The molecule has 0 amide bonds. The van der Waals surface area contributed by atoms with E-state index < -0.39 is 17.9 Å². The minimum Gasteiger partial charge on any atom is -0.549 e. The summed E-state index contributed by atoms with van der Waals surface area (Å²) in [6.07, 6.45) is 1.03. The van der Waals surface area contributed by atoms with E-state index in [4.69, 9.17) is 0 Å². The SMILES string of the molecule is C=CCC(C(=O)[O-])C(=O)[O-].[Li+].[Li+]. The Bertz CT molecular complexity index is 155. The molecule has 0 heterocycles. The minimum atomic E-state index is -1.64. The van der Waals surface area contributed by atoms with Gasteiger partial charge in [-0.15, -0.1) is 6.58 Å². The van der Waals surface area contributed by atoms with Crippen LogP contribution < -0.4 is 47.9 Å². The fraction of sp³-hybridized carbons (Fsp3) is 0.333. The summed E-state index contributed by atoms with van der Waals surface area (Å²) in [6.45, 7) is 3.18. The predicted molar refractivity (Wildman–Crippen MR) is 28.3 cm³/mol. The van der Waals surface area contributed by atoms with Crippen molar-refractivity contribution in [3.63, 3.8) is 0 Å². The van der Waals surface area contributed by atoms with E-state index in [1.54, 1.807) is 0 Å². The molecule has 0 atom stereocenters. The van der Waals surface area contributed by atoms with Crippen molar-refractivity contribution < 1.29 is 57.5 Å². The van der Waals surface area contributed by atoms with Gasteiger partial charge in [0.2, 0.25) is 0 Å². The van der Waals surface area contributed by atoms with Gasteiger partial charge >= 0.3 is 37.7 Å². The minimum absolute atomic E-state index is 0. The summed E-state index contributed by atoms with van der Waals surface area (Å²) in [4.78, 5) is 19.9. The third kappa shape index (κ3) is 6.58. The molecule has 0 N–H and O–H groups in total. The summed E-state index contributed by atoms with van der Waals surface area (Å²) in [7, 11) is 0. The van der Waals surface area contributed by atoms with Gasteiger partial charge in [-0.3, -0.25) is 0 Å². The number of carbonyl (C=O) groups excluding carboxylic acids is 2. The zero-order valence-electron chi connectivity index (χ0n) is 7.20. The molecule has 0 saturated heterocycles. The van der Waals surface area contributed by atoms with Crippen LogP contribution in [0.2, 0.25) is 0 Å². The second-order valence-corrected chi connectivity index (χ2v) is 1.72. The molecule has 0 bridgehead atoms. The maximum Gasteiger partial charge on any atom is 1.00 e. The number of carboxylic acids is 2. The third-order valence-corrected chi connectivity index (χ3v) is 0.971. The van der Waals surface area contributed by atoms with Gasteiger partial charge in [-0.2, -0.15) is 0 Å². The Kier molecular flexibility index (Phi) is 13.3. The molecule has 0 aromatic carbocycles. The molecule has 0 radical (unpaired) electrons. The number of rotatable bonds is 4. The van der Waals surface area contributed by atoms with E-state index in [9.17, 15) is 19.8 Å². The van der Waals surface area contributed by atoms with E-state index in [1.165, 1.54) is 6.08 Å². The molecule has 0 aliphatic rings. The molecule has 6 heteroatoms. The smallest absolute Gasteiger partial charge is 0.549 e. The van der Waals surface area contributed by atoms with Crippen LogP contribution in [0.15, 0.2) is 12.7 Å². The summed E-state index contributed by atoms with van der Waals surface area (Å²) >= 11 is 0. The zero-order valence-corrected chi connectivity index (χ0v) is 7.20. The van der Waals surface area contributed by atoms with Crippen LogP contribution in [0.3, 0.4) is 0 Å². The zero-order chi connectivity index (χ0) is 8.15. The van der Waals surface area contributed by atoms with Crippen LogP contribution >= 0.6 is 0 Å². The van der Waals surface area contributed by atoms with E-state index >= 15 is 0 Å². The fourth-order valence-electron chi connectivity index (χ4n) is 0.455. The van der Waals surface area contributed by atoms with Crippen LogP contribution in [0, 0.1) is 5.92 Å². The normalized spacial score (nSPS) is 7.75. The number of hydrogen-bond acceptors (Lipinski definition) is 4. The van der Waals surface area contributed by atoms with E-state index in [-0.39, 0.29) is 44.1 Å². The van der Waals surface area contributed by atoms with Crippen molar-refractivity contribution in [2.75, 3.05) is 0 Å². The standard InChI is InChI=1S/C6H8O4.2Li/c1-2-3-4(5(7)8)6(9)10;;/h2,4H,1,3H2,(H,7,8)(H,9,10);;/q;2*+1/p-2. The predicted octanol–water partition coefficient (Wildman–Crippen LogP) is -8.31. The van der Waals surface area contributed by atoms with Crippen LogP contribution in [-0.2, 0) is 9.59 Å². The molecule has 0 aliphatic heterocycles. The molecule has 56 valence electrons. The first-order valence-corrected chi connectivity index (χ1v) is 2.62. The largest absolute Gasteiger partial charge is 1.00 e. The van der Waals surface area contributed by atoms with Gasteiger partial charge in [-0.1, -0.05) is 6.08 Å². The maximum atomic E-state index is 9.95. The maximum absolute atomic E-state index is 9.95. The Hall–Kier alpha value is -0.125. The number of aliphatic carboxylic acids is 2. The fourth-order valence-corrected chi connectivity index (χ4v) is 0.455. The van der Waals surface area contributed by atoms with Gasteiger partial charge in [-0.05, 0) is 6.42 Å². The van der Waals surface area contributed by atoms with Crippen molar-refractivity contribution in [1.29, 1.82) is 0 Å². The summed E-state index contributed by atoms with van der Waals surface area (Å²) in [5.41, 5.74) is 0. The van der Waals surface area contributed by atoms with Crippen LogP contribution in [-0.4, -0.2) is 11.9 Å². The van der Waals surface area contributed by atoms with Crippen molar-refractivity contribution >= 4 is 11.9 Å². The Morgan fingerprint density at radius 2 is 1.58 bits per heavy atom. The van der Waals surface area contributed by atoms with Gasteiger partial charge in [0.15, 0.2) is 0 Å². The summed E-state index contributed by atoms with van der Waals surface area (Å²) in [5.74, 6) is -4.85. The Balaban J connectivity index is -0.000000405. The molecule has 0 rings (SSSR count). The molecule has 0 aromatic rings. The third-order valence-electron chi connectivity index (χ3n) is 0.971. The number of hydrogen-bond donors (Lipinski definition) is 0. The Morgan fingerprint density at radius 1 is 1.25 bits per heavy atom. The van der Waals surface area contributed by atoms with Crippen LogP contribution in [0.25, 0.3) is 0 Å². The topological polar surface area (TPSA) is 80.3 Å². The molecular weight excluding hydrogens is 150 g/mol. The van der Waals surface area contributed by atoms with E-state index in [1.807, 2.05) is 0 Å². The molecule has 0 saturated carbocycles. The van der Waals surface area contributed by atoms with Crippen molar-refractivity contribution in [3.8, 4) is 0 Å². The first-order valence-electron chi connectivity index (χ1n) is 2.62. The molecule has 0 aromatic heterocycles. The van der Waals surface area contributed by atoms with Gasteiger partial charge < -0.3 is 19.8 Å². The second kappa shape index (κ2) is 8.97. The molecule has 0 unspecified atom stereocenters. The molecule has 0 spiro atoms. The van der Waals surface area contributed by atoms with Crippen molar-refractivity contribution in [3.05, 3.63) is 12.7 Å². The van der Waals surface area contributed by atoms with Gasteiger partial charge in [-0.25, -0.2) is 0 Å². The molecule has 4 nitrogen and oxygen atoms in total. The first kappa shape index (κ1) is 17.8. The van der Waals surface area contributed by atoms with Gasteiger partial charge in [0, 0.05) is 5.92 Å². The first-order chi connectivity index (χ1) is 4.59. The van der Waals surface area contributed by atoms with Gasteiger partial charge in [0.25, 0.3) is 0 Å². The number of carboxylic acid groups (broad SMARTS) is 2. The van der Waals surface area contributed by atoms with Gasteiger partial charge in [0.1, 0.15) is 0 Å². The van der Waals surface area contributed by atoms with Crippen LogP contribution in [0.1, 0.15) is 6.42 Å². The Labute approximate surface area is 94.4 Å². The molecule has 0 aliphatic carbocycles. The van der Waals surface area contributed by atoms with Crippen molar-refractivity contribution in [1.82, 2.24) is 0 Å². The van der Waals surface area contributed by atoms with Crippen molar-refractivity contribution in [2.24, 2.45) is 5.92 Å². The average molecular weight is 156 g/mol. The van der Waals surface area contributed by atoms with E-state index in [0.29, 0.717) is 0 Å². The number of allylic oxidation sites excluding steroid dienone is 1. The van der Waals surface area contributed by atoms with Crippen LogP contribution in [0.5, 0.6) is 0 Å². The summed E-state index contributed by atoms with van der Waals surface area (Å²) in [5, 5.41) is 19.9. The average Bonchev–Trinajstić information content (AvgIpc) is 1.81. The van der Waals surface area contributed by atoms with E-state index in [0.717, 1.165) is 0 Å².